The molecular formula is C22H40N6O. The number of aryl methyl sites for hydroxylation is 1. The van der Waals surface area contributed by atoms with Crippen LogP contribution in [0.25, 0.3) is 0 Å². The van der Waals surface area contributed by atoms with Crippen LogP contribution < -0.4 is 21.9 Å². The Kier molecular flexibility index (Phi) is 16.0. The van der Waals surface area contributed by atoms with Crippen LogP contribution >= 0.6 is 0 Å². The number of benzene rings is 1. The number of rotatable bonds is 5. The summed E-state index contributed by atoms with van der Waals surface area (Å²) in [6.07, 6.45) is 4.91. The normalized spacial score (nSPS) is 9.07. The number of hydrazine groups is 1. The average molecular weight is 405 g/mol. The van der Waals surface area contributed by atoms with Crippen LogP contribution in [0, 0.1) is 6.92 Å². The lowest BCUT2D eigenvalue weighted by Crippen LogP contribution is -2.28. The molecule has 5 N–H and O–H groups in total. The van der Waals surface area contributed by atoms with Crippen molar-refractivity contribution in [2.75, 3.05) is 17.3 Å². The van der Waals surface area contributed by atoms with Gasteiger partial charge >= 0.3 is 0 Å². The third-order valence-electron chi connectivity index (χ3n) is 3.09. The van der Waals surface area contributed by atoms with Gasteiger partial charge in [0.15, 0.2) is 5.82 Å². The number of carbonyl (C=O) groups is 1. The lowest BCUT2D eigenvalue weighted by Gasteiger charge is -2.19. The van der Waals surface area contributed by atoms with Gasteiger partial charge in [-0.1, -0.05) is 54.9 Å². The minimum absolute atomic E-state index is 0. The highest BCUT2D eigenvalue weighted by molar-refractivity contribution is 5.94. The van der Waals surface area contributed by atoms with Gasteiger partial charge in [0.2, 0.25) is 0 Å². The second-order valence-electron chi connectivity index (χ2n) is 6.28. The molecule has 0 atom stereocenters. The fourth-order valence-corrected chi connectivity index (χ4v) is 1.90. The summed E-state index contributed by atoms with van der Waals surface area (Å²) in [6, 6.07) is 6.92. The SMILES string of the molecule is C.CCC.CCC.CCCNC(=O)c1ccc(N(N)c2nc(C)ncc2N)cc1. The summed E-state index contributed by atoms with van der Waals surface area (Å²) >= 11 is 0. The summed E-state index contributed by atoms with van der Waals surface area (Å²) in [4.78, 5) is 20.1. The van der Waals surface area contributed by atoms with E-state index in [2.05, 4.69) is 43.0 Å². The van der Waals surface area contributed by atoms with Crippen LogP contribution in [0.2, 0.25) is 0 Å². The zero-order valence-corrected chi connectivity index (χ0v) is 18.1. The van der Waals surface area contributed by atoms with Crippen molar-refractivity contribution in [1.29, 1.82) is 0 Å². The molecule has 0 saturated carbocycles. The molecule has 0 spiro atoms. The summed E-state index contributed by atoms with van der Waals surface area (Å²) in [5.41, 5.74) is 7.50. The molecule has 7 heteroatoms. The first-order chi connectivity index (χ1) is 13.4. The van der Waals surface area contributed by atoms with Gasteiger partial charge in [0.25, 0.3) is 5.91 Å². The maximum Gasteiger partial charge on any atom is 0.251 e. The summed E-state index contributed by atoms with van der Waals surface area (Å²) in [7, 11) is 0. The van der Waals surface area contributed by atoms with Crippen LogP contribution in [0.4, 0.5) is 17.2 Å². The van der Waals surface area contributed by atoms with Crippen molar-refractivity contribution >= 4 is 23.1 Å². The van der Waals surface area contributed by atoms with E-state index in [1.54, 1.807) is 31.2 Å². The van der Waals surface area contributed by atoms with Gasteiger partial charge in [-0.3, -0.25) is 9.80 Å². The van der Waals surface area contributed by atoms with Crippen molar-refractivity contribution in [3.05, 3.63) is 41.9 Å². The molecule has 29 heavy (non-hydrogen) atoms. The number of hydrogen-bond acceptors (Lipinski definition) is 6. The second-order valence-corrected chi connectivity index (χ2v) is 6.28. The molecular weight excluding hydrogens is 364 g/mol. The maximum atomic E-state index is 11.9. The van der Waals surface area contributed by atoms with Crippen LogP contribution in [0.5, 0.6) is 0 Å². The zero-order chi connectivity index (χ0) is 21.5. The molecule has 0 bridgehead atoms. The molecule has 1 aromatic heterocycles. The fourth-order valence-electron chi connectivity index (χ4n) is 1.90. The summed E-state index contributed by atoms with van der Waals surface area (Å²) in [5, 5.41) is 4.19. The minimum atomic E-state index is -0.102. The predicted molar refractivity (Wildman–Crippen MR) is 125 cm³/mol. The van der Waals surface area contributed by atoms with Crippen molar-refractivity contribution < 1.29 is 4.79 Å². The van der Waals surface area contributed by atoms with E-state index in [1.807, 2.05) is 6.92 Å². The molecule has 0 saturated heterocycles. The Morgan fingerprint density at radius 3 is 2.07 bits per heavy atom. The quantitative estimate of drug-likeness (QED) is 0.478. The molecule has 0 unspecified atom stereocenters. The number of aromatic nitrogens is 2. The molecule has 164 valence electrons. The molecule has 1 aromatic carbocycles. The topological polar surface area (TPSA) is 110 Å². The van der Waals surface area contributed by atoms with Crippen molar-refractivity contribution in [2.45, 2.75) is 68.2 Å². The van der Waals surface area contributed by atoms with E-state index >= 15 is 0 Å². The van der Waals surface area contributed by atoms with E-state index in [0.717, 1.165) is 6.42 Å². The standard InChI is InChI=1S/C15H20N6O.2C3H8.CH4/c1-3-8-18-15(22)11-4-6-12(7-5-11)21(17)14-13(16)9-19-10(2)20-14;2*1-3-2;/h4-7,9H,3,8,16-17H2,1-2H3,(H,18,22);2*3H2,1-2H3;1H4. The van der Waals surface area contributed by atoms with E-state index in [-0.39, 0.29) is 13.3 Å². The number of nitrogens with zero attached hydrogens (tertiary/aromatic N) is 3. The van der Waals surface area contributed by atoms with Crippen molar-refractivity contribution in [1.82, 2.24) is 15.3 Å². The van der Waals surface area contributed by atoms with Gasteiger partial charge in [-0.25, -0.2) is 15.8 Å². The number of carbonyl (C=O) groups excluding carboxylic acids is 1. The van der Waals surface area contributed by atoms with Gasteiger partial charge < -0.3 is 11.1 Å². The van der Waals surface area contributed by atoms with E-state index < -0.39 is 0 Å². The molecule has 0 aliphatic carbocycles. The predicted octanol–water partition coefficient (Wildman–Crippen LogP) is 4.99. The minimum Gasteiger partial charge on any atom is -0.394 e. The lowest BCUT2D eigenvalue weighted by atomic mass is 10.2. The molecule has 1 amide bonds. The molecule has 7 nitrogen and oxygen atoms in total. The first-order valence-corrected chi connectivity index (χ1v) is 9.88. The van der Waals surface area contributed by atoms with Gasteiger partial charge in [-0.15, -0.1) is 0 Å². The first-order valence-electron chi connectivity index (χ1n) is 9.88. The number of nitrogen functional groups attached to an aromatic ring is 1. The fraction of sp³-hybridized carbons (Fsp3) is 0.500. The Morgan fingerprint density at radius 2 is 1.59 bits per heavy atom. The maximum absolute atomic E-state index is 11.9. The highest BCUT2D eigenvalue weighted by Gasteiger charge is 2.12. The molecule has 1 heterocycles. The molecule has 0 radical (unpaired) electrons. The van der Waals surface area contributed by atoms with Crippen LogP contribution in [0.15, 0.2) is 30.5 Å². The first kappa shape index (κ1) is 28.5. The van der Waals surface area contributed by atoms with Crippen LogP contribution in [0.3, 0.4) is 0 Å². The van der Waals surface area contributed by atoms with E-state index in [1.165, 1.54) is 24.0 Å². The van der Waals surface area contributed by atoms with Crippen LogP contribution in [0.1, 0.15) is 77.5 Å². The third kappa shape index (κ3) is 10.4. The Labute approximate surface area is 176 Å². The van der Waals surface area contributed by atoms with Crippen molar-refractivity contribution in [3.63, 3.8) is 0 Å². The molecule has 2 rings (SSSR count). The molecule has 2 aromatic rings. The summed E-state index contributed by atoms with van der Waals surface area (Å²) < 4.78 is 0. The van der Waals surface area contributed by atoms with Gasteiger partial charge in [-0.2, -0.15) is 0 Å². The van der Waals surface area contributed by atoms with Gasteiger partial charge in [0, 0.05) is 12.1 Å². The zero-order valence-electron chi connectivity index (χ0n) is 18.1. The van der Waals surface area contributed by atoms with Gasteiger partial charge in [-0.05, 0) is 37.6 Å². The number of nitrogens with one attached hydrogen (secondary N) is 1. The molecule has 0 aliphatic heterocycles. The molecule has 0 fully saturated rings. The monoisotopic (exact) mass is 404 g/mol. The Balaban J connectivity index is 0. The summed E-state index contributed by atoms with van der Waals surface area (Å²) in [5.74, 6) is 6.96. The van der Waals surface area contributed by atoms with Crippen molar-refractivity contribution in [2.24, 2.45) is 5.84 Å². The Bertz CT molecular complexity index is 686. The van der Waals surface area contributed by atoms with Crippen molar-refractivity contribution in [3.8, 4) is 0 Å². The Morgan fingerprint density at radius 1 is 1.07 bits per heavy atom. The lowest BCUT2D eigenvalue weighted by molar-refractivity contribution is 0.0953. The number of hydrogen-bond donors (Lipinski definition) is 3. The van der Waals surface area contributed by atoms with E-state index in [4.69, 9.17) is 11.6 Å². The number of amides is 1. The van der Waals surface area contributed by atoms with Crippen LogP contribution in [-0.4, -0.2) is 22.4 Å². The molecule has 0 aliphatic rings. The van der Waals surface area contributed by atoms with Gasteiger partial charge in [0.1, 0.15) is 5.82 Å². The highest BCUT2D eigenvalue weighted by Crippen LogP contribution is 2.24. The third-order valence-corrected chi connectivity index (χ3v) is 3.09. The van der Waals surface area contributed by atoms with Crippen LogP contribution in [-0.2, 0) is 0 Å². The number of anilines is 3. The van der Waals surface area contributed by atoms with E-state index in [9.17, 15) is 4.79 Å². The van der Waals surface area contributed by atoms with Gasteiger partial charge in [0.05, 0.1) is 17.6 Å². The number of nitrogens with two attached hydrogens (primary N) is 2. The van der Waals surface area contributed by atoms with E-state index in [0.29, 0.717) is 35.1 Å². The summed E-state index contributed by atoms with van der Waals surface area (Å²) in [6.45, 7) is 12.9. The Hall–Kier alpha value is -2.67. The largest absolute Gasteiger partial charge is 0.394 e. The highest BCUT2D eigenvalue weighted by atomic mass is 16.1. The average Bonchev–Trinajstić information content (AvgIpc) is 2.69. The second kappa shape index (κ2) is 16.3. The smallest absolute Gasteiger partial charge is 0.251 e.